The smallest absolute Gasteiger partial charge is 0.239 e. The first kappa shape index (κ1) is 13.9. The zero-order valence-electron chi connectivity index (χ0n) is 12.1. The number of carbonyl (C=O) groups is 2. The number of nitrogens with zero attached hydrogens (tertiary/aromatic N) is 1. The van der Waals surface area contributed by atoms with Crippen molar-refractivity contribution in [2.75, 3.05) is 19.6 Å². The SMILES string of the molecule is O=C1CCC2CN(C(=O)C3CCCCCN3)CCC2N1. The largest absolute Gasteiger partial charge is 0.353 e. The van der Waals surface area contributed by atoms with Gasteiger partial charge in [-0.1, -0.05) is 12.8 Å². The van der Waals surface area contributed by atoms with E-state index in [9.17, 15) is 9.59 Å². The first-order valence-electron chi connectivity index (χ1n) is 8.05. The van der Waals surface area contributed by atoms with Gasteiger partial charge in [-0.25, -0.2) is 0 Å². The lowest BCUT2D eigenvalue weighted by Gasteiger charge is -2.42. The molecule has 0 spiro atoms. The average molecular weight is 279 g/mol. The molecule has 3 atom stereocenters. The molecule has 3 unspecified atom stereocenters. The van der Waals surface area contributed by atoms with Crippen molar-refractivity contribution in [1.82, 2.24) is 15.5 Å². The van der Waals surface area contributed by atoms with Crippen LogP contribution in [0.1, 0.15) is 44.9 Å². The third-order valence-corrected chi connectivity index (χ3v) is 4.99. The van der Waals surface area contributed by atoms with Crippen LogP contribution >= 0.6 is 0 Å². The van der Waals surface area contributed by atoms with E-state index in [2.05, 4.69) is 10.6 Å². The second-order valence-corrected chi connectivity index (χ2v) is 6.40. The highest BCUT2D eigenvalue weighted by Crippen LogP contribution is 2.26. The van der Waals surface area contributed by atoms with E-state index in [0.717, 1.165) is 45.3 Å². The number of hydrogen-bond donors (Lipinski definition) is 2. The molecule has 112 valence electrons. The van der Waals surface area contributed by atoms with Crippen molar-refractivity contribution in [1.29, 1.82) is 0 Å². The summed E-state index contributed by atoms with van der Waals surface area (Å²) in [5.41, 5.74) is 0. The standard InChI is InChI=1S/C15H25N3O2/c19-14-6-5-11-10-18(9-7-12(11)17-14)15(20)13-4-2-1-3-8-16-13/h11-13,16H,1-10H2,(H,17,19). The molecule has 2 amide bonds. The summed E-state index contributed by atoms with van der Waals surface area (Å²) in [6, 6.07) is 0.314. The second kappa shape index (κ2) is 6.12. The Balaban J connectivity index is 1.58. The topological polar surface area (TPSA) is 61.4 Å². The van der Waals surface area contributed by atoms with Crippen LogP contribution in [0.3, 0.4) is 0 Å². The highest BCUT2D eigenvalue weighted by molar-refractivity contribution is 5.82. The van der Waals surface area contributed by atoms with Gasteiger partial charge in [0.15, 0.2) is 0 Å². The van der Waals surface area contributed by atoms with E-state index in [1.165, 1.54) is 12.8 Å². The fourth-order valence-electron chi connectivity index (χ4n) is 3.77. The van der Waals surface area contributed by atoms with Crippen LogP contribution in [0, 0.1) is 5.92 Å². The summed E-state index contributed by atoms with van der Waals surface area (Å²) >= 11 is 0. The van der Waals surface area contributed by atoms with E-state index in [4.69, 9.17) is 0 Å². The van der Waals surface area contributed by atoms with Crippen molar-refractivity contribution in [2.24, 2.45) is 5.92 Å². The monoisotopic (exact) mass is 279 g/mol. The van der Waals surface area contributed by atoms with Crippen LogP contribution in [0.15, 0.2) is 0 Å². The number of amides is 2. The van der Waals surface area contributed by atoms with Gasteiger partial charge in [-0.3, -0.25) is 9.59 Å². The van der Waals surface area contributed by atoms with Crippen molar-refractivity contribution in [3.63, 3.8) is 0 Å². The van der Waals surface area contributed by atoms with Crippen molar-refractivity contribution >= 4 is 11.8 Å². The lowest BCUT2D eigenvalue weighted by Crippen LogP contribution is -2.57. The van der Waals surface area contributed by atoms with E-state index >= 15 is 0 Å². The highest BCUT2D eigenvalue weighted by atomic mass is 16.2. The van der Waals surface area contributed by atoms with E-state index in [0.29, 0.717) is 18.4 Å². The van der Waals surface area contributed by atoms with Crippen molar-refractivity contribution < 1.29 is 9.59 Å². The third-order valence-electron chi connectivity index (χ3n) is 4.99. The number of hydrogen-bond acceptors (Lipinski definition) is 3. The predicted octanol–water partition coefficient (Wildman–Crippen LogP) is 0.646. The zero-order chi connectivity index (χ0) is 13.9. The van der Waals surface area contributed by atoms with Gasteiger partial charge in [-0.15, -0.1) is 0 Å². The Kier molecular flexibility index (Phi) is 4.24. The minimum absolute atomic E-state index is 0.0206. The maximum atomic E-state index is 12.6. The molecule has 3 fully saturated rings. The molecule has 3 heterocycles. The summed E-state index contributed by atoms with van der Waals surface area (Å²) in [5.74, 6) is 0.912. The Morgan fingerprint density at radius 3 is 2.95 bits per heavy atom. The van der Waals surface area contributed by atoms with Gasteiger partial charge >= 0.3 is 0 Å². The lowest BCUT2D eigenvalue weighted by molar-refractivity contribution is -0.137. The molecule has 0 saturated carbocycles. The van der Waals surface area contributed by atoms with Gasteiger partial charge < -0.3 is 15.5 Å². The third kappa shape index (κ3) is 2.97. The molecule has 0 aromatic carbocycles. The minimum atomic E-state index is 0.0206. The molecule has 3 aliphatic rings. The van der Waals surface area contributed by atoms with E-state index in [1.807, 2.05) is 4.90 Å². The number of carbonyl (C=O) groups excluding carboxylic acids is 2. The summed E-state index contributed by atoms with van der Waals surface area (Å²) in [7, 11) is 0. The van der Waals surface area contributed by atoms with Crippen molar-refractivity contribution in [3.05, 3.63) is 0 Å². The molecule has 20 heavy (non-hydrogen) atoms. The lowest BCUT2D eigenvalue weighted by atomic mass is 9.85. The molecule has 3 rings (SSSR count). The molecule has 0 aliphatic carbocycles. The molecular weight excluding hydrogens is 254 g/mol. The molecule has 5 nitrogen and oxygen atoms in total. The molecule has 3 saturated heterocycles. The number of fused-ring (bicyclic) bond motifs is 1. The summed E-state index contributed by atoms with van der Waals surface area (Å²) < 4.78 is 0. The highest BCUT2D eigenvalue weighted by Gasteiger charge is 2.36. The van der Waals surface area contributed by atoms with Crippen LogP contribution in [0.2, 0.25) is 0 Å². The van der Waals surface area contributed by atoms with Crippen LogP contribution in [-0.2, 0) is 9.59 Å². The van der Waals surface area contributed by atoms with Crippen LogP contribution in [-0.4, -0.2) is 48.4 Å². The summed E-state index contributed by atoms with van der Waals surface area (Å²) in [4.78, 5) is 26.1. The summed E-state index contributed by atoms with van der Waals surface area (Å²) in [6.07, 6.45) is 6.99. The van der Waals surface area contributed by atoms with Crippen LogP contribution < -0.4 is 10.6 Å². The summed E-state index contributed by atoms with van der Waals surface area (Å²) in [5, 5.41) is 6.47. The van der Waals surface area contributed by atoms with Gasteiger partial charge in [0.05, 0.1) is 6.04 Å². The maximum Gasteiger partial charge on any atom is 0.239 e. The Morgan fingerprint density at radius 1 is 1.15 bits per heavy atom. The first-order valence-corrected chi connectivity index (χ1v) is 8.05. The van der Waals surface area contributed by atoms with E-state index in [-0.39, 0.29) is 17.9 Å². The Hall–Kier alpha value is -1.10. The first-order chi connectivity index (χ1) is 9.74. The van der Waals surface area contributed by atoms with Gasteiger partial charge in [-0.05, 0) is 38.1 Å². The van der Waals surface area contributed by atoms with Gasteiger partial charge in [-0.2, -0.15) is 0 Å². The van der Waals surface area contributed by atoms with Crippen LogP contribution in [0.5, 0.6) is 0 Å². The summed E-state index contributed by atoms with van der Waals surface area (Å²) in [6.45, 7) is 2.58. The van der Waals surface area contributed by atoms with Crippen molar-refractivity contribution in [3.8, 4) is 0 Å². The number of piperidine rings is 2. The minimum Gasteiger partial charge on any atom is -0.353 e. The molecule has 0 radical (unpaired) electrons. The van der Waals surface area contributed by atoms with Crippen LogP contribution in [0.25, 0.3) is 0 Å². The Morgan fingerprint density at radius 2 is 2.05 bits per heavy atom. The van der Waals surface area contributed by atoms with Gasteiger partial charge in [0.1, 0.15) is 0 Å². The van der Waals surface area contributed by atoms with Crippen LogP contribution in [0.4, 0.5) is 0 Å². The van der Waals surface area contributed by atoms with Gasteiger partial charge in [0.2, 0.25) is 11.8 Å². The van der Waals surface area contributed by atoms with Crippen molar-refractivity contribution in [2.45, 2.75) is 57.0 Å². The Labute approximate surface area is 120 Å². The molecule has 5 heteroatoms. The van der Waals surface area contributed by atoms with Gasteiger partial charge in [0.25, 0.3) is 0 Å². The second-order valence-electron chi connectivity index (χ2n) is 6.40. The Bertz CT molecular complexity index is 377. The molecule has 0 aromatic heterocycles. The maximum absolute atomic E-state index is 12.6. The molecular formula is C15H25N3O2. The molecule has 3 aliphatic heterocycles. The van der Waals surface area contributed by atoms with E-state index < -0.39 is 0 Å². The predicted molar refractivity (Wildman–Crippen MR) is 76.1 cm³/mol. The normalized spacial score (nSPS) is 34.9. The average Bonchev–Trinajstić information content (AvgIpc) is 2.75. The number of likely N-dealkylation sites (tertiary alicyclic amines) is 1. The van der Waals surface area contributed by atoms with Gasteiger partial charge in [0, 0.05) is 25.6 Å². The molecule has 2 N–H and O–H groups in total. The fraction of sp³-hybridized carbons (Fsp3) is 0.867. The quantitative estimate of drug-likeness (QED) is 0.741. The fourth-order valence-corrected chi connectivity index (χ4v) is 3.77. The molecule has 0 aromatic rings. The van der Waals surface area contributed by atoms with E-state index in [1.54, 1.807) is 0 Å². The number of rotatable bonds is 1. The molecule has 0 bridgehead atoms. The zero-order valence-corrected chi connectivity index (χ0v) is 12.1. The number of nitrogens with one attached hydrogen (secondary N) is 2.